The van der Waals surface area contributed by atoms with Gasteiger partial charge < -0.3 is 11.1 Å². The molecule has 1 saturated heterocycles. The third-order valence-corrected chi connectivity index (χ3v) is 4.36. The number of thiophene rings is 1. The smallest absolute Gasteiger partial charge is 0.0468 e. The van der Waals surface area contributed by atoms with Crippen molar-refractivity contribution in [2.24, 2.45) is 0 Å². The number of rotatable bonds is 3. The van der Waals surface area contributed by atoms with Gasteiger partial charge in [0.2, 0.25) is 0 Å². The van der Waals surface area contributed by atoms with Crippen LogP contribution in [0.2, 0.25) is 0 Å². The van der Waals surface area contributed by atoms with Gasteiger partial charge in [-0.1, -0.05) is 0 Å². The summed E-state index contributed by atoms with van der Waals surface area (Å²) in [6.07, 6.45) is 1.30. The Bertz CT molecular complexity index is 266. The van der Waals surface area contributed by atoms with Crippen molar-refractivity contribution < 1.29 is 0 Å². The van der Waals surface area contributed by atoms with Gasteiger partial charge >= 0.3 is 0 Å². The molecule has 1 aromatic rings. The lowest BCUT2D eigenvalue weighted by molar-refractivity contribution is 0.562. The van der Waals surface area contributed by atoms with Crippen molar-refractivity contribution in [2.45, 2.75) is 19.0 Å². The fourth-order valence-corrected chi connectivity index (χ4v) is 3.36. The van der Waals surface area contributed by atoms with Crippen LogP contribution in [-0.2, 0) is 6.54 Å². The van der Waals surface area contributed by atoms with Gasteiger partial charge in [-0.15, -0.1) is 11.3 Å². The van der Waals surface area contributed by atoms with Crippen LogP contribution < -0.4 is 11.1 Å². The van der Waals surface area contributed by atoms with Crippen LogP contribution in [0.15, 0.2) is 11.4 Å². The molecule has 2 heterocycles. The molecule has 2 rings (SSSR count). The zero-order valence-electron chi connectivity index (χ0n) is 7.45. The quantitative estimate of drug-likeness (QED) is 0.807. The van der Waals surface area contributed by atoms with E-state index in [4.69, 9.17) is 5.73 Å². The Morgan fingerprint density at radius 1 is 1.62 bits per heavy atom. The second-order valence-corrected chi connectivity index (χ2v) is 5.39. The van der Waals surface area contributed by atoms with Gasteiger partial charge in [0.1, 0.15) is 0 Å². The molecule has 72 valence electrons. The summed E-state index contributed by atoms with van der Waals surface area (Å²) < 4.78 is 0. The highest BCUT2D eigenvalue weighted by atomic mass is 32.2. The summed E-state index contributed by atoms with van der Waals surface area (Å²) in [6, 6.07) is 2.68. The number of thioether (sulfide) groups is 1. The number of hydrogen-bond acceptors (Lipinski definition) is 4. The lowest BCUT2D eigenvalue weighted by Crippen LogP contribution is -2.27. The Balaban J connectivity index is 1.82. The highest BCUT2D eigenvalue weighted by molar-refractivity contribution is 7.99. The minimum absolute atomic E-state index is 0.700. The number of nitrogens with one attached hydrogen (secondary N) is 1. The Morgan fingerprint density at radius 3 is 3.15 bits per heavy atom. The predicted molar refractivity (Wildman–Crippen MR) is 61.3 cm³/mol. The molecule has 0 radical (unpaired) electrons. The van der Waals surface area contributed by atoms with E-state index in [9.17, 15) is 0 Å². The monoisotopic (exact) mass is 214 g/mol. The van der Waals surface area contributed by atoms with Crippen LogP contribution in [0.5, 0.6) is 0 Å². The third kappa shape index (κ3) is 2.39. The molecule has 1 unspecified atom stereocenters. The molecule has 1 fully saturated rings. The zero-order chi connectivity index (χ0) is 9.10. The second kappa shape index (κ2) is 4.35. The predicted octanol–water partition coefficient (Wildman–Crippen LogP) is 1.93. The van der Waals surface area contributed by atoms with Crippen molar-refractivity contribution in [3.63, 3.8) is 0 Å². The molecule has 1 aliphatic rings. The first-order chi connectivity index (χ1) is 6.36. The van der Waals surface area contributed by atoms with Gasteiger partial charge in [-0.05, 0) is 23.6 Å². The van der Waals surface area contributed by atoms with Crippen LogP contribution in [-0.4, -0.2) is 17.5 Å². The van der Waals surface area contributed by atoms with E-state index in [1.807, 2.05) is 17.8 Å². The average Bonchev–Trinajstić information content (AvgIpc) is 2.72. The van der Waals surface area contributed by atoms with Gasteiger partial charge in [0.25, 0.3) is 0 Å². The zero-order valence-corrected chi connectivity index (χ0v) is 9.09. The molecule has 1 aliphatic heterocycles. The van der Waals surface area contributed by atoms with Gasteiger partial charge in [0.05, 0.1) is 0 Å². The molecule has 13 heavy (non-hydrogen) atoms. The van der Waals surface area contributed by atoms with E-state index in [0.29, 0.717) is 6.04 Å². The second-order valence-electron chi connectivity index (χ2n) is 3.24. The van der Waals surface area contributed by atoms with E-state index < -0.39 is 0 Å². The van der Waals surface area contributed by atoms with E-state index in [0.717, 1.165) is 12.2 Å². The van der Waals surface area contributed by atoms with E-state index >= 15 is 0 Å². The molecular formula is C9H14N2S2. The summed E-state index contributed by atoms with van der Waals surface area (Å²) in [7, 11) is 0. The number of anilines is 1. The molecule has 4 heteroatoms. The van der Waals surface area contributed by atoms with E-state index in [1.165, 1.54) is 22.8 Å². The molecule has 0 spiro atoms. The fraction of sp³-hybridized carbons (Fsp3) is 0.556. The standard InChI is InChI=1S/C9H14N2S2/c10-8-2-4-13-9(8)5-11-7-1-3-12-6-7/h2,4,7,11H,1,3,5-6,10H2. The van der Waals surface area contributed by atoms with Gasteiger partial charge in [-0.3, -0.25) is 0 Å². The van der Waals surface area contributed by atoms with Gasteiger partial charge in [-0.25, -0.2) is 0 Å². The van der Waals surface area contributed by atoms with Crippen molar-refractivity contribution in [1.82, 2.24) is 5.32 Å². The average molecular weight is 214 g/mol. The van der Waals surface area contributed by atoms with Gasteiger partial charge in [0, 0.05) is 28.9 Å². The molecule has 0 amide bonds. The largest absolute Gasteiger partial charge is 0.398 e. The molecule has 1 aromatic heterocycles. The molecule has 3 N–H and O–H groups in total. The van der Waals surface area contributed by atoms with Crippen LogP contribution in [0.25, 0.3) is 0 Å². The van der Waals surface area contributed by atoms with E-state index in [1.54, 1.807) is 11.3 Å². The summed E-state index contributed by atoms with van der Waals surface area (Å²) in [6.45, 7) is 0.939. The Morgan fingerprint density at radius 2 is 2.54 bits per heavy atom. The minimum atomic E-state index is 0.700. The van der Waals surface area contributed by atoms with Crippen molar-refractivity contribution >= 4 is 28.8 Å². The summed E-state index contributed by atoms with van der Waals surface area (Å²) in [4.78, 5) is 1.27. The maximum Gasteiger partial charge on any atom is 0.0468 e. The molecule has 1 atom stereocenters. The molecular weight excluding hydrogens is 200 g/mol. The maximum atomic E-state index is 5.79. The third-order valence-electron chi connectivity index (χ3n) is 2.26. The molecule has 0 saturated carbocycles. The summed E-state index contributed by atoms with van der Waals surface area (Å²) in [5.74, 6) is 2.56. The van der Waals surface area contributed by atoms with Crippen LogP contribution in [0, 0.1) is 0 Å². The molecule has 0 aliphatic carbocycles. The fourth-order valence-electron chi connectivity index (χ4n) is 1.43. The maximum absolute atomic E-state index is 5.79. The topological polar surface area (TPSA) is 38.0 Å². The van der Waals surface area contributed by atoms with Gasteiger partial charge in [0.15, 0.2) is 0 Å². The Labute approximate surface area is 86.9 Å². The number of hydrogen-bond donors (Lipinski definition) is 2. The molecule has 2 nitrogen and oxygen atoms in total. The lowest BCUT2D eigenvalue weighted by Gasteiger charge is -2.09. The molecule has 0 aromatic carbocycles. The van der Waals surface area contributed by atoms with Gasteiger partial charge in [-0.2, -0.15) is 11.8 Å². The molecule has 0 bridgehead atoms. The van der Waals surface area contributed by atoms with Crippen LogP contribution in [0.4, 0.5) is 5.69 Å². The van der Waals surface area contributed by atoms with E-state index in [-0.39, 0.29) is 0 Å². The van der Waals surface area contributed by atoms with Crippen LogP contribution in [0.1, 0.15) is 11.3 Å². The Kier molecular flexibility index (Phi) is 3.14. The van der Waals surface area contributed by atoms with E-state index in [2.05, 4.69) is 10.7 Å². The number of nitrogens with two attached hydrogens (primary N) is 1. The number of nitrogen functional groups attached to an aromatic ring is 1. The summed E-state index contributed by atoms with van der Waals surface area (Å²) in [5.41, 5.74) is 6.72. The van der Waals surface area contributed by atoms with Crippen molar-refractivity contribution in [3.05, 3.63) is 16.3 Å². The Hall–Kier alpha value is -0.190. The minimum Gasteiger partial charge on any atom is -0.398 e. The van der Waals surface area contributed by atoms with Crippen LogP contribution >= 0.6 is 23.1 Å². The van der Waals surface area contributed by atoms with Crippen molar-refractivity contribution in [1.29, 1.82) is 0 Å². The van der Waals surface area contributed by atoms with Crippen LogP contribution in [0.3, 0.4) is 0 Å². The first-order valence-electron chi connectivity index (χ1n) is 4.49. The highest BCUT2D eigenvalue weighted by Crippen LogP contribution is 2.21. The van der Waals surface area contributed by atoms with Crippen molar-refractivity contribution in [3.8, 4) is 0 Å². The normalized spacial score (nSPS) is 22.3. The first kappa shape index (κ1) is 9.37. The highest BCUT2D eigenvalue weighted by Gasteiger charge is 2.14. The SMILES string of the molecule is Nc1ccsc1CNC1CCSC1. The van der Waals surface area contributed by atoms with Crippen molar-refractivity contribution in [2.75, 3.05) is 17.2 Å². The summed E-state index contributed by atoms with van der Waals surface area (Å²) in [5, 5.41) is 5.59. The lowest BCUT2D eigenvalue weighted by atomic mass is 10.2. The summed E-state index contributed by atoms with van der Waals surface area (Å²) >= 11 is 3.77. The first-order valence-corrected chi connectivity index (χ1v) is 6.52.